The van der Waals surface area contributed by atoms with Crippen LogP contribution < -0.4 is 4.74 Å². The lowest BCUT2D eigenvalue weighted by molar-refractivity contribution is -0.152. The third-order valence-corrected chi connectivity index (χ3v) is 4.25. The minimum absolute atomic E-state index is 0.00934. The van der Waals surface area contributed by atoms with Crippen LogP contribution in [-0.4, -0.2) is 71.1 Å². The zero-order chi connectivity index (χ0) is 19.6. The topological polar surface area (TPSA) is 99.5 Å². The first kappa shape index (κ1) is 19.8. The van der Waals surface area contributed by atoms with E-state index in [4.69, 9.17) is 9.47 Å². The average molecular weight is 366 g/mol. The van der Waals surface area contributed by atoms with Crippen molar-refractivity contribution in [1.29, 1.82) is 0 Å². The quantitative estimate of drug-likeness (QED) is 0.832. The Morgan fingerprint density at radius 1 is 1.38 bits per heavy atom. The summed E-state index contributed by atoms with van der Waals surface area (Å²) >= 11 is 0. The maximum Gasteiger partial charge on any atom is 0.412 e. The molecule has 0 aliphatic carbocycles. The van der Waals surface area contributed by atoms with Crippen molar-refractivity contribution in [2.45, 2.75) is 45.6 Å². The smallest absolute Gasteiger partial charge is 0.412 e. The summed E-state index contributed by atoms with van der Waals surface area (Å²) in [5, 5.41) is 20.4. The Bertz CT molecular complexity index is 667. The molecule has 0 saturated carbocycles. The number of rotatable bonds is 4. The Morgan fingerprint density at radius 2 is 2.04 bits per heavy atom. The molecule has 0 spiro atoms. The van der Waals surface area contributed by atoms with Crippen LogP contribution in [0.15, 0.2) is 12.1 Å². The third kappa shape index (κ3) is 4.01. The highest BCUT2D eigenvalue weighted by atomic mass is 16.6. The lowest BCUT2D eigenvalue weighted by atomic mass is 9.99. The number of carbonyl (C=O) groups is 2. The monoisotopic (exact) mass is 366 g/mol. The molecule has 144 valence electrons. The maximum absolute atomic E-state index is 12.6. The highest BCUT2D eigenvalue weighted by Crippen LogP contribution is 2.32. The number of nitrogens with zero attached hydrogens (tertiary/aromatic N) is 2. The number of carbonyl (C=O) groups excluding carboxylic acids is 2. The van der Waals surface area contributed by atoms with Gasteiger partial charge in [-0.2, -0.15) is 0 Å². The minimum atomic E-state index is -1.16. The molecule has 0 aromatic heterocycles. The van der Waals surface area contributed by atoms with Crippen molar-refractivity contribution >= 4 is 12.0 Å². The number of hydrogen-bond acceptors (Lipinski definition) is 6. The number of likely N-dealkylation sites (N-methyl/N-ethyl adjacent to an activating group) is 1. The summed E-state index contributed by atoms with van der Waals surface area (Å²) < 4.78 is 10.3. The number of amides is 2. The number of methoxy groups -OCH3 is 1. The van der Waals surface area contributed by atoms with Gasteiger partial charge in [-0.1, -0.05) is 6.07 Å². The van der Waals surface area contributed by atoms with E-state index in [1.165, 1.54) is 18.1 Å². The molecule has 8 nitrogen and oxygen atoms in total. The Labute approximate surface area is 152 Å². The van der Waals surface area contributed by atoms with Crippen LogP contribution in [0.5, 0.6) is 11.5 Å². The van der Waals surface area contributed by atoms with E-state index in [0.717, 1.165) is 4.90 Å². The maximum atomic E-state index is 12.6. The van der Waals surface area contributed by atoms with Crippen molar-refractivity contribution in [3.63, 3.8) is 0 Å². The Balaban J connectivity index is 2.35. The van der Waals surface area contributed by atoms with Crippen LogP contribution >= 0.6 is 0 Å². The van der Waals surface area contributed by atoms with Gasteiger partial charge in [0.15, 0.2) is 17.7 Å². The highest BCUT2D eigenvalue weighted by Gasteiger charge is 2.42. The molecule has 1 saturated heterocycles. The fourth-order valence-corrected chi connectivity index (χ4v) is 3.14. The van der Waals surface area contributed by atoms with E-state index in [1.54, 1.807) is 33.9 Å². The van der Waals surface area contributed by atoms with Crippen molar-refractivity contribution in [2.75, 3.05) is 20.7 Å². The summed E-state index contributed by atoms with van der Waals surface area (Å²) in [5.41, 5.74) is 1.35. The van der Waals surface area contributed by atoms with Crippen LogP contribution in [0.3, 0.4) is 0 Å². The van der Waals surface area contributed by atoms with E-state index in [2.05, 4.69) is 0 Å². The van der Waals surface area contributed by atoms with Gasteiger partial charge in [0.05, 0.1) is 19.8 Å². The number of hydrogen-bond donors (Lipinski definition) is 2. The second-order valence-electron chi connectivity index (χ2n) is 6.72. The van der Waals surface area contributed by atoms with Crippen LogP contribution in [0.25, 0.3) is 0 Å². The SMILES string of the molecule is COc1c(C)cc(CC2C(=O)N(C)CC(O)N2C(=O)OC(C)C)cc1O. The predicted octanol–water partition coefficient (Wildman–Crippen LogP) is 1.26. The Morgan fingerprint density at radius 3 is 2.58 bits per heavy atom. The molecule has 0 radical (unpaired) electrons. The fraction of sp³-hybridized carbons (Fsp3) is 0.556. The van der Waals surface area contributed by atoms with Crippen LogP contribution in [0.4, 0.5) is 4.79 Å². The van der Waals surface area contributed by atoms with Crippen LogP contribution in [0.1, 0.15) is 25.0 Å². The molecular weight excluding hydrogens is 340 g/mol. The molecule has 2 amide bonds. The van der Waals surface area contributed by atoms with E-state index < -0.39 is 18.4 Å². The van der Waals surface area contributed by atoms with Gasteiger partial charge < -0.3 is 24.6 Å². The zero-order valence-corrected chi connectivity index (χ0v) is 15.7. The van der Waals surface area contributed by atoms with Gasteiger partial charge in [0.2, 0.25) is 5.91 Å². The number of phenolic OH excluding ortho intramolecular Hbond substituents is 1. The molecule has 1 heterocycles. The molecule has 2 atom stereocenters. The molecular formula is C18H26N2O6. The van der Waals surface area contributed by atoms with Gasteiger partial charge in [0, 0.05) is 13.5 Å². The fourth-order valence-electron chi connectivity index (χ4n) is 3.14. The molecule has 2 N–H and O–H groups in total. The third-order valence-electron chi connectivity index (χ3n) is 4.25. The minimum Gasteiger partial charge on any atom is -0.504 e. The average Bonchev–Trinajstić information content (AvgIpc) is 2.51. The number of benzene rings is 1. The number of aryl methyl sites for hydroxylation is 1. The van der Waals surface area contributed by atoms with E-state index in [0.29, 0.717) is 16.9 Å². The molecule has 8 heteroatoms. The van der Waals surface area contributed by atoms with Gasteiger partial charge >= 0.3 is 6.09 Å². The summed E-state index contributed by atoms with van der Waals surface area (Å²) in [6.07, 6.45) is -2.15. The molecule has 1 aromatic carbocycles. The van der Waals surface area contributed by atoms with Crippen molar-refractivity contribution in [3.05, 3.63) is 23.3 Å². The van der Waals surface area contributed by atoms with Gasteiger partial charge in [-0.3, -0.25) is 9.69 Å². The van der Waals surface area contributed by atoms with Gasteiger partial charge in [-0.25, -0.2) is 4.79 Å². The van der Waals surface area contributed by atoms with E-state index in [9.17, 15) is 19.8 Å². The van der Waals surface area contributed by atoms with Gasteiger partial charge in [0.25, 0.3) is 0 Å². The summed E-state index contributed by atoms with van der Waals surface area (Å²) in [5.74, 6) is 0.0110. The number of phenols is 1. The largest absolute Gasteiger partial charge is 0.504 e. The molecule has 1 aromatic rings. The number of ether oxygens (including phenoxy) is 2. The normalized spacial score (nSPS) is 20.5. The van der Waals surface area contributed by atoms with E-state index in [-0.39, 0.29) is 30.7 Å². The number of aliphatic hydroxyl groups excluding tert-OH is 1. The molecule has 1 fully saturated rings. The number of aromatic hydroxyl groups is 1. The molecule has 2 rings (SSSR count). The van der Waals surface area contributed by atoms with E-state index >= 15 is 0 Å². The number of aliphatic hydroxyl groups is 1. The van der Waals surface area contributed by atoms with Crippen molar-refractivity contribution in [3.8, 4) is 11.5 Å². The lowest BCUT2D eigenvalue weighted by Crippen LogP contribution is -2.63. The van der Waals surface area contributed by atoms with Crippen molar-refractivity contribution in [1.82, 2.24) is 9.80 Å². The Hall–Kier alpha value is -2.48. The molecule has 26 heavy (non-hydrogen) atoms. The molecule has 1 aliphatic rings. The van der Waals surface area contributed by atoms with Gasteiger partial charge in [-0.15, -0.1) is 0 Å². The van der Waals surface area contributed by atoms with E-state index in [1.807, 2.05) is 0 Å². The van der Waals surface area contributed by atoms with Crippen LogP contribution in [0.2, 0.25) is 0 Å². The second kappa shape index (κ2) is 7.82. The predicted molar refractivity (Wildman–Crippen MR) is 94.0 cm³/mol. The lowest BCUT2D eigenvalue weighted by Gasteiger charge is -2.42. The standard InChI is InChI=1S/C18H26N2O6/c1-10(2)26-18(24)20-13(17(23)19(4)9-15(20)22)7-12-6-11(3)16(25-5)14(21)8-12/h6,8,10,13,15,21-22H,7,9H2,1-5H3. The highest BCUT2D eigenvalue weighted by molar-refractivity contribution is 5.87. The number of β-amino-alcohol motifs (C(OH)–C–C–N with tert-alkyl or cyclic N) is 1. The summed E-state index contributed by atoms with van der Waals surface area (Å²) in [6, 6.07) is 2.34. The molecule has 0 bridgehead atoms. The Kier molecular flexibility index (Phi) is 5.97. The first-order chi connectivity index (χ1) is 12.1. The van der Waals surface area contributed by atoms with Crippen LogP contribution in [0, 0.1) is 6.92 Å². The molecule has 1 aliphatic heterocycles. The number of piperazine rings is 1. The van der Waals surface area contributed by atoms with Crippen molar-refractivity contribution in [2.24, 2.45) is 0 Å². The van der Waals surface area contributed by atoms with Gasteiger partial charge in [-0.05, 0) is 38.0 Å². The summed E-state index contributed by atoms with van der Waals surface area (Å²) in [6.45, 7) is 5.18. The summed E-state index contributed by atoms with van der Waals surface area (Å²) in [4.78, 5) is 27.5. The zero-order valence-electron chi connectivity index (χ0n) is 15.7. The van der Waals surface area contributed by atoms with Gasteiger partial charge in [0.1, 0.15) is 6.04 Å². The van der Waals surface area contributed by atoms with Crippen molar-refractivity contribution < 1.29 is 29.3 Å². The summed E-state index contributed by atoms with van der Waals surface area (Å²) in [7, 11) is 3.03. The van der Waals surface area contributed by atoms with Crippen LogP contribution in [-0.2, 0) is 16.0 Å². The second-order valence-corrected chi connectivity index (χ2v) is 6.72. The first-order valence-corrected chi connectivity index (χ1v) is 8.44. The first-order valence-electron chi connectivity index (χ1n) is 8.44. The molecule has 2 unspecified atom stereocenters.